The molecule has 0 radical (unpaired) electrons. The van der Waals surface area contributed by atoms with Gasteiger partial charge in [0.15, 0.2) is 10.9 Å². The third-order valence-corrected chi connectivity index (χ3v) is 5.27. The molecular weight excluding hydrogens is 410 g/mol. The van der Waals surface area contributed by atoms with Crippen LogP contribution in [0.25, 0.3) is 10.9 Å². The summed E-state index contributed by atoms with van der Waals surface area (Å²) in [6.07, 6.45) is 1.61. The number of aromatic nitrogens is 2. The number of carbonyl (C=O) groups excluding carboxylic acids is 2. The Kier molecular flexibility index (Phi) is 6.51. The maximum absolute atomic E-state index is 12.8. The molecule has 0 atom stereocenters. The maximum Gasteiger partial charge on any atom is 0.262 e. The van der Waals surface area contributed by atoms with Crippen molar-refractivity contribution in [3.05, 3.63) is 76.1 Å². The number of fused-ring (bicyclic) bond motifs is 1. The van der Waals surface area contributed by atoms with Gasteiger partial charge in [0.2, 0.25) is 5.91 Å². The fourth-order valence-electron chi connectivity index (χ4n) is 2.73. The zero-order chi connectivity index (χ0) is 21.0. The number of rotatable bonds is 7. The number of ketones is 1. The second-order valence-electron chi connectivity index (χ2n) is 6.23. The molecule has 1 aromatic heterocycles. The van der Waals surface area contributed by atoms with Gasteiger partial charge in [-0.1, -0.05) is 29.4 Å². The quantitative estimate of drug-likeness (QED) is 0.265. The van der Waals surface area contributed by atoms with Crippen LogP contribution >= 0.6 is 23.4 Å². The summed E-state index contributed by atoms with van der Waals surface area (Å²) in [4.78, 5) is 41.0. The number of benzene rings is 2. The Hall–Kier alpha value is -2.90. The van der Waals surface area contributed by atoms with Crippen LogP contribution in [-0.4, -0.2) is 27.0 Å². The van der Waals surface area contributed by atoms with Crippen molar-refractivity contribution in [1.82, 2.24) is 9.55 Å². The largest absolute Gasteiger partial charge is 0.326 e. The first-order chi connectivity index (χ1) is 13.9. The third kappa shape index (κ3) is 4.93. The van der Waals surface area contributed by atoms with Gasteiger partial charge in [-0.3, -0.25) is 19.0 Å². The number of allylic oxidation sites excluding steroid dienone is 1. The average Bonchev–Trinajstić information content (AvgIpc) is 2.68. The summed E-state index contributed by atoms with van der Waals surface area (Å²) in [5, 5.41) is 4.02. The minimum absolute atomic E-state index is 0.106. The maximum atomic E-state index is 12.8. The summed E-state index contributed by atoms with van der Waals surface area (Å²) in [6, 6.07) is 11.6. The van der Waals surface area contributed by atoms with Gasteiger partial charge < -0.3 is 5.32 Å². The van der Waals surface area contributed by atoms with E-state index < -0.39 is 0 Å². The molecule has 0 bridgehead atoms. The SMILES string of the molecule is C=CCn1c(SCC(=O)c2ccc(NC(C)=O)cc2)nc2cc(Cl)ccc2c1=O. The molecule has 6 nitrogen and oxygen atoms in total. The lowest BCUT2D eigenvalue weighted by atomic mass is 10.1. The molecule has 0 aliphatic heterocycles. The van der Waals surface area contributed by atoms with Crippen LogP contribution in [0.15, 0.2) is 65.1 Å². The average molecular weight is 428 g/mol. The van der Waals surface area contributed by atoms with Crippen LogP contribution in [0, 0.1) is 0 Å². The number of carbonyl (C=O) groups is 2. The molecule has 3 rings (SSSR count). The molecule has 29 heavy (non-hydrogen) atoms. The highest BCUT2D eigenvalue weighted by atomic mass is 35.5. The number of halogens is 1. The van der Waals surface area contributed by atoms with Gasteiger partial charge in [-0.2, -0.15) is 0 Å². The van der Waals surface area contributed by atoms with Gasteiger partial charge in [0, 0.05) is 29.7 Å². The molecular formula is C21H18ClN3O3S. The Morgan fingerprint density at radius 2 is 1.97 bits per heavy atom. The first kappa shape index (κ1) is 20.8. The van der Waals surface area contributed by atoms with Gasteiger partial charge in [0.05, 0.1) is 16.7 Å². The molecule has 0 saturated carbocycles. The molecule has 0 aliphatic rings. The van der Waals surface area contributed by atoms with Crippen molar-refractivity contribution >= 4 is 51.6 Å². The van der Waals surface area contributed by atoms with E-state index in [2.05, 4.69) is 16.9 Å². The molecule has 148 valence electrons. The lowest BCUT2D eigenvalue weighted by Crippen LogP contribution is -2.23. The normalized spacial score (nSPS) is 10.7. The second-order valence-corrected chi connectivity index (χ2v) is 7.61. The Morgan fingerprint density at radius 1 is 1.24 bits per heavy atom. The summed E-state index contributed by atoms with van der Waals surface area (Å²) in [6.45, 7) is 5.39. The van der Waals surface area contributed by atoms with E-state index in [1.54, 1.807) is 48.5 Å². The molecule has 0 spiro atoms. The van der Waals surface area contributed by atoms with Gasteiger partial charge in [0.25, 0.3) is 5.56 Å². The van der Waals surface area contributed by atoms with E-state index in [0.717, 1.165) is 0 Å². The number of anilines is 1. The predicted octanol–water partition coefficient (Wildman–Crippen LogP) is 4.17. The van der Waals surface area contributed by atoms with E-state index in [9.17, 15) is 14.4 Å². The molecule has 1 amide bonds. The fraction of sp³-hybridized carbons (Fsp3) is 0.143. The summed E-state index contributed by atoms with van der Waals surface area (Å²) < 4.78 is 1.49. The van der Waals surface area contributed by atoms with Crippen LogP contribution < -0.4 is 10.9 Å². The van der Waals surface area contributed by atoms with E-state index in [-0.39, 0.29) is 29.5 Å². The molecule has 2 aromatic carbocycles. The van der Waals surface area contributed by atoms with E-state index >= 15 is 0 Å². The molecule has 0 saturated heterocycles. The van der Waals surface area contributed by atoms with E-state index in [1.165, 1.54) is 23.3 Å². The van der Waals surface area contributed by atoms with E-state index in [1.807, 2.05) is 0 Å². The molecule has 3 aromatic rings. The van der Waals surface area contributed by atoms with Crippen molar-refractivity contribution < 1.29 is 9.59 Å². The predicted molar refractivity (Wildman–Crippen MR) is 117 cm³/mol. The van der Waals surface area contributed by atoms with Crippen molar-refractivity contribution in [1.29, 1.82) is 0 Å². The molecule has 1 heterocycles. The topological polar surface area (TPSA) is 81.1 Å². The van der Waals surface area contributed by atoms with Crippen molar-refractivity contribution in [2.24, 2.45) is 0 Å². The minimum Gasteiger partial charge on any atom is -0.326 e. The first-order valence-corrected chi connectivity index (χ1v) is 10.1. The van der Waals surface area contributed by atoms with Gasteiger partial charge >= 0.3 is 0 Å². The van der Waals surface area contributed by atoms with Gasteiger partial charge in [-0.05, 0) is 42.5 Å². The number of nitrogens with one attached hydrogen (secondary N) is 1. The van der Waals surface area contributed by atoms with Crippen LogP contribution in [0.3, 0.4) is 0 Å². The van der Waals surface area contributed by atoms with Crippen LogP contribution in [0.1, 0.15) is 17.3 Å². The van der Waals surface area contributed by atoms with E-state index in [0.29, 0.717) is 32.3 Å². The highest BCUT2D eigenvalue weighted by molar-refractivity contribution is 7.99. The monoisotopic (exact) mass is 427 g/mol. The minimum atomic E-state index is -0.207. The van der Waals surface area contributed by atoms with Crippen LogP contribution in [0.4, 0.5) is 5.69 Å². The van der Waals surface area contributed by atoms with Crippen LogP contribution in [0.5, 0.6) is 0 Å². The molecule has 0 fully saturated rings. The Bertz CT molecular complexity index is 1160. The second kappa shape index (κ2) is 9.07. The smallest absolute Gasteiger partial charge is 0.262 e. The first-order valence-electron chi connectivity index (χ1n) is 8.73. The highest BCUT2D eigenvalue weighted by Gasteiger charge is 2.14. The zero-order valence-electron chi connectivity index (χ0n) is 15.6. The molecule has 0 aliphatic carbocycles. The Balaban J connectivity index is 1.84. The number of thioether (sulfide) groups is 1. The lowest BCUT2D eigenvalue weighted by Gasteiger charge is -2.11. The highest BCUT2D eigenvalue weighted by Crippen LogP contribution is 2.22. The number of hydrogen-bond donors (Lipinski definition) is 1. The number of nitrogens with zero attached hydrogens (tertiary/aromatic N) is 2. The molecule has 0 unspecified atom stereocenters. The van der Waals surface area contributed by atoms with Crippen molar-refractivity contribution in [3.63, 3.8) is 0 Å². The summed E-state index contributed by atoms with van der Waals surface area (Å²) in [7, 11) is 0. The standard InChI is InChI=1S/C21H18ClN3O3S/c1-3-10-25-20(28)17-9-6-15(22)11-18(17)24-21(25)29-12-19(27)14-4-7-16(8-5-14)23-13(2)26/h3-9,11H,1,10,12H2,2H3,(H,23,26). The summed E-state index contributed by atoms with van der Waals surface area (Å²) in [5.41, 5.74) is 1.40. The number of Topliss-reactive ketones (excluding diaryl/α,β-unsaturated/α-hetero) is 1. The van der Waals surface area contributed by atoms with Crippen molar-refractivity contribution in [2.75, 3.05) is 11.1 Å². The molecule has 1 N–H and O–H groups in total. The third-order valence-electron chi connectivity index (χ3n) is 4.05. The van der Waals surface area contributed by atoms with Crippen molar-refractivity contribution in [2.45, 2.75) is 18.6 Å². The van der Waals surface area contributed by atoms with Gasteiger partial charge in [0.1, 0.15) is 0 Å². The van der Waals surface area contributed by atoms with Gasteiger partial charge in [-0.15, -0.1) is 6.58 Å². The summed E-state index contributed by atoms with van der Waals surface area (Å²) >= 11 is 7.21. The zero-order valence-corrected chi connectivity index (χ0v) is 17.2. The number of hydrogen-bond acceptors (Lipinski definition) is 5. The number of amides is 1. The Morgan fingerprint density at radius 3 is 2.62 bits per heavy atom. The van der Waals surface area contributed by atoms with Gasteiger partial charge in [-0.25, -0.2) is 4.98 Å². The van der Waals surface area contributed by atoms with Crippen molar-refractivity contribution in [3.8, 4) is 0 Å². The lowest BCUT2D eigenvalue weighted by molar-refractivity contribution is -0.114. The van der Waals surface area contributed by atoms with E-state index in [4.69, 9.17) is 11.6 Å². The molecule has 8 heteroatoms. The van der Waals surface area contributed by atoms with Crippen LogP contribution in [0.2, 0.25) is 5.02 Å². The van der Waals surface area contributed by atoms with Crippen LogP contribution in [-0.2, 0) is 11.3 Å². The Labute approximate surface area is 176 Å². The summed E-state index contributed by atoms with van der Waals surface area (Å²) in [5.74, 6) is -0.188. The fourth-order valence-corrected chi connectivity index (χ4v) is 3.80.